The molecule has 0 N–H and O–H groups in total. The molecule has 0 unspecified atom stereocenters. The first kappa shape index (κ1) is 10.3. The van der Waals surface area contributed by atoms with Crippen LogP contribution in [-0.2, 0) is 14.3 Å². The Morgan fingerprint density at radius 2 is 1.88 bits per heavy atom. The van der Waals surface area contributed by atoms with Gasteiger partial charge in [0.15, 0.2) is 0 Å². The van der Waals surface area contributed by atoms with Crippen molar-refractivity contribution in [3.8, 4) is 0 Å². The minimum Gasteiger partial charge on any atom is -0.462 e. The van der Waals surface area contributed by atoms with Crippen molar-refractivity contribution in [1.82, 2.24) is 0 Å². The second-order valence-corrected chi connectivity index (χ2v) is 5.42. The molecule has 3 heteroatoms. The zero-order valence-electron chi connectivity index (χ0n) is 9.48. The largest absolute Gasteiger partial charge is 0.462 e. The van der Waals surface area contributed by atoms with E-state index in [0.29, 0.717) is 12.3 Å². The molecule has 16 heavy (non-hydrogen) atoms. The Balaban J connectivity index is 1.53. The van der Waals surface area contributed by atoms with Crippen molar-refractivity contribution in [3.63, 3.8) is 0 Å². The van der Waals surface area contributed by atoms with Crippen LogP contribution in [0.2, 0.25) is 0 Å². The zero-order valence-corrected chi connectivity index (χ0v) is 9.48. The summed E-state index contributed by atoms with van der Waals surface area (Å²) in [6.07, 6.45) is 7.38. The predicted octanol–water partition coefficient (Wildman–Crippen LogP) is 2.09. The quantitative estimate of drug-likeness (QED) is 0.672. The smallest absolute Gasteiger partial charge is 0.310 e. The molecule has 88 valence electrons. The molecule has 0 radical (unpaired) electrons. The maximum Gasteiger partial charge on any atom is 0.310 e. The van der Waals surface area contributed by atoms with Crippen molar-refractivity contribution in [2.75, 3.05) is 0 Å². The van der Waals surface area contributed by atoms with E-state index in [4.69, 9.17) is 4.74 Å². The van der Waals surface area contributed by atoms with E-state index in [0.717, 1.165) is 19.3 Å². The highest BCUT2D eigenvalue weighted by Crippen LogP contribution is 2.56. The minimum atomic E-state index is -0.0880. The first-order valence-electron chi connectivity index (χ1n) is 6.50. The van der Waals surface area contributed by atoms with Gasteiger partial charge < -0.3 is 4.74 Å². The molecule has 0 aromatic heterocycles. The number of ketones is 1. The second kappa shape index (κ2) is 3.86. The molecule has 3 aliphatic rings. The molecule has 0 bridgehead atoms. The lowest BCUT2D eigenvalue weighted by atomic mass is 9.98. The van der Waals surface area contributed by atoms with Crippen LogP contribution >= 0.6 is 0 Å². The highest BCUT2D eigenvalue weighted by Gasteiger charge is 2.62. The molecule has 3 nitrogen and oxygen atoms in total. The van der Waals surface area contributed by atoms with Gasteiger partial charge in [0.05, 0.1) is 5.92 Å². The molecule has 3 saturated carbocycles. The Hall–Kier alpha value is -0.860. The Bertz CT molecular complexity index is 317. The molecule has 3 aliphatic carbocycles. The van der Waals surface area contributed by atoms with Gasteiger partial charge in [-0.3, -0.25) is 9.59 Å². The molecule has 0 aromatic rings. The summed E-state index contributed by atoms with van der Waals surface area (Å²) in [6, 6.07) is 0. The van der Waals surface area contributed by atoms with Gasteiger partial charge in [-0.15, -0.1) is 0 Å². The van der Waals surface area contributed by atoms with Gasteiger partial charge in [-0.25, -0.2) is 0 Å². The Morgan fingerprint density at radius 1 is 1.12 bits per heavy atom. The minimum absolute atomic E-state index is 0.0380. The summed E-state index contributed by atoms with van der Waals surface area (Å²) in [4.78, 5) is 23.3. The lowest BCUT2D eigenvalue weighted by molar-refractivity contribution is -0.153. The van der Waals surface area contributed by atoms with Gasteiger partial charge in [0.2, 0.25) is 0 Å². The molecule has 3 rings (SSSR count). The summed E-state index contributed by atoms with van der Waals surface area (Å²) in [5.41, 5.74) is 0. The van der Waals surface area contributed by atoms with Crippen LogP contribution in [0.3, 0.4) is 0 Å². The Labute approximate surface area is 95.5 Å². The van der Waals surface area contributed by atoms with Gasteiger partial charge in [0.1, 0.15) is 11.9 Å². The Morgan fingerprint density at radius 3 is 2.50 bits per heavy atom. The molecule has 3 atom stereocenters. The first-order valence-corrected chi connectivity index (χ1v) is 6.50. The zero-order chi connectivity index (χ0) is 11.1. The average molecular weight is 222 g/mol. The molecule has 3 fully saturated rings. The third-order valence-electron chi connectivity index (χ3n) is 4.37. The van der Waals surface area contributed by atoms with E-state index in [1.54, 1.807) is 0 Å². The number of ether oxygens (including phenoxy) is 1. The standard InChI is InChI=1S/C13H18O3/c14-10-7-6-9-11(10)12(9)13(15)16-8-4-2-1-3-5-8/h8-9,11-12H,1-7H2/t9-,11-,12+/m0/s1. The van der Waals surface area contributed by atoms with E-state index in [-0.39, 0.29) is 29.7 Å². The fourth-order valence-corrected chi connectivity index (χ4v) is 3.39. The van der Waals surface area contributed by atoms with Crippen molar-refractivity contribution in [2.24, 2.45) is 17.8 Å². The van der Waals surface area contributed by atoms with Gasteiger partial charge >= 0.3 is 5.97 Å². The summed E-state index contributed by atoms with van der Waals surface area (Å²) in [5.74, 6) is 0.508. The highest BCUT2D eigenvalue weighted by molar-refractivity contribution is 5.94. The third-order valence-corrected chi connectivity index (χ3v) is 4.37. The molecule has 0 amide bonds. The molecular formula is C13H18O3. The summed E-state index contributed by atoms with van der Waals surface area (Å²) in [7, 11) is 0. The van der Waals surface area contributed by atoms with Gasteiger partial charge in [-0.2, -0.15) is 0 Å². The number of rotatable bonds is 2. The molecule has 0 spiro atoms. The van der Waals surface area contributed by atoms with Crippen LogP contribution in [0.25, 0.3) is 0 Å². The maximum absolute atomic E-state index is 11.9. The van der Waals surface area contributed by atoms with Crippen LogP contribution in [0.1, 0.15) is 44.9 Å². The normalized spacial score (nSPS) is 38.2. The van der Waals surface area contributed by atoms with Crippen molar-refractivity contribution in [1.29, 1.82) is 0 Å². The number of hydrogen-bond donors (Lipinski definition) is 0. The fourth-order valence-electron chi connectivity index (χ4n) is 3.39. The lowest BCUT2D eigenvalue weighted by Gasteiger charge is -2.22. The maximum atomic E-state index is 11.9. The third kappa shape index (κ3) is 1.66. The van der Waals surface area contributed by atoms with Crippen molar-refractivity contribution in [3.05, 3.63) is 0 Å². The number of Topliss-reactive ketones (excluding diaryl/α,β-unsaturated/α-hetero) is 1. The van der Waals surface area contributed by atoms with Crippen molar-refractivity contribution >= 4 is 11.8 Å². The van der Waals surface area contributed by atoms with Crippen LogP contribution in [0.5, 0.6) is 0 Å². The van der Waals surface area contributed by atoms with Crippen LogP contribution in [-0.4, -0.2) is 17.9 Å². The number of carbonyl (C=O) groups excluding carboxylic acids is 2. The Kier molecular flexibility index (Phi) is 2.49. The molecule has 0 saturated heterocycles. The van der Waals surface area contributed by atoms with Gasteiger partial charge in [-0.05, 0) is 38.0 Å². The highest BCUT2D eigenvalue weighted by atomic mass is 16.5. The molecular weight excluding hydrogens is 204 g/mol. The van der Waals surface area contributed by atoms with Gasteiger partial charge in [0, 0.05) is 12.3 Å². The van der Waals surface area contributed by atoms with Crippen LogP contribution in [0, 0.1) is 17.8 Å². The molecule has 0 aliphatic heterocycles. The SMILES string of the molecule is O=C1CC[C@H]2[C@@H]1[C@@H]2C(=O)OC1CCCCC1. The summed E-state index contributed by atoms with van der Waals surface area (Å²) in [5, 5.41) is 0. The van der Waals surface area contributed by atoms with Crippen LogP contribution < -0.4 is 0 Å². The van der Waals surface area contributed by atoms with E-state index in [9.17, 15) is 9.59 Å². The predicted molar refractivity (Wildman–Crippen MR) is 57.7 cm³/mol. The van der Waals surface area contributed by atoms with E-state index >= 15 is 0 Å². The van der Waals surface area contributed by atoms with Gasteiger partial charge in [-0.1, -0.05) is 6.42 Å². The first-order chi connectivity index (χ1) is 7.77. The van der Waals surface area contributed by atoms with Crippen LogP contribution in [0.15, 0.2) is 0 Å². The molecule has 0 heterocycles. The summed E-state index contributed by atoms with van der Waals surface area (Å²) < 4.78 is 5.51. The van der Waals surface area contributed by atoms with Crippen LogP contribution in [0.4, 0.5) is 0 Å². The van der Waals surface area contributed by atoms with E-state index in [2.05, 4.69) is 0 Å². The van der Waals surface area contributed by atoms with E-state index in [1.165, 1.54) is 19.3 Å². The number of fused-ring (bicyclic) bond motifs is 1. The molecule has 0 aromatic carbocycles. The van der Waals surface area contributed by atoms with E-state index < -0.39 is 0 Å². The lowest BCUT2D eigenvalue weighted by Crippen LogP contribution is -2.23. The van der Waals surface area contributed by atoms with Crippen molar-refractivity contribution in [2.45, 2.75) is 51.0 Å². The van der Waals surface area contributed by atoms with Gasteiger partial charge in [0.25, 0.3) is 0 Å². The average Bonchev–Trinajstić information content (AvgIpc) is 2.91. The fraction of sp³-hybridized carbons (Fsp3) is 0.846. The number of carbonyl (C=O) groups is 2. The topological polar surface area (TPSA) is 43.4 Å². The van der Waals surface area contributed by atoms with Crippen molar-refractivity contribution < 1.29 is 14.3 Å². The number of esters is 1. The monoisotopic (exact) mass is 222 g/mol. The second-order valence-electron chi connectivity index (χ2n) is 5.42. The van der Waals surface area contributed by atoms with E-state index in [1.807, 2.05) is 0 Å². The number of hydrogen-bond acceptors (Lipinski definition) is 3. The summed E-state index contributed by atoms with van der Waals surface area (Å²) in [6.45, 7) is 0. The summed E-state index contributed by atoms with van der Waals surface area (Å²) >= 11 is 0.